The van der Waals surface area contributed by atoms with Crippen LogP contribution >= 0.6 is 0 Å². The molecule has 0 saturated carbocycles. The molecule has 5 nitrogen and oxygen atoms in total. The standard InChI is InChI=1S/C11H13N3O2/c1-2-14-9(5-6-13-14)11(15)10-4-3-8(7-12)16-10/h3-6H,2,7,12H2,1H3. The number of hydrogen-bond acceptors (Lipinski definition) is 4. The minimum atomic E-state index is -0.168. The molecule has 0 unspecified atom stereocenters. The largest absolute Gasteiger partial charge is 0.456 e. The Bertz CT molecular complexity index is 499. The van der Waals surface area contributed by atoms with E-state index in [0.717, 1.165) is 0 Å². The first-order chi connectivity index (χ1) is 7.76. The summed E-state index contributed by atoms with van der Waals surface area (Å²) in [4.78, 5) is 12.0. The number of hydrogen-bond donors (Lipinski definition) is 1. The quantitative estimate of drug-likeness (QED) is 0.784. The molecular formula is C11H13N3O2. The van der Waals surface area contributed by atoms with Crippen molar-refractivity contribution in [2.45, 2.75) is 20.0 Å². The van der Waals surface area contributed by atoms with Crippen molar-refractivity contribution < 1.29 is 9.21 Å². The minimum Gasteiger partial charge on any atom is -0.456 e. The third-order valence-electron chi connectivity index (χ3n) is 2.34. The predicted molar refractivity (Wildman–Crippen MR) is 57.9 cm³/mol. The van der Waals surface area contributed by atoms with Crippen LogP contribution in [0.25, 0.3) is 0 Å². The molecule has 0 fully saturated rings. The smallest absolute Gasteiger partial charge is 0.246 e. The van der Waals surface area contributed by atoms with E-state index in [0.29, 0.717) is 30.3 Å². The number of rotatable bonds is 4. The first-order valence-electron chi connectivity index (χ1n) is 5.11. The topological polar surface area (TPSA) is 74.0 Å². The number of aryl methyl sites for hydroxylation is 1. The summed E-state index contributed by atoms with van der Waals surface area (Å²) in [6.07, 6.45) is 1.60. The molecule has 0 radical (unpaired) electrons. The third kappa shape index (κ3) is 1.77. The van der Waals surface area contributed by atoms with Crippen LogP contribution in [0.15, 0.2) is 28.8 Å². The lowest BCUT2D eigenvalue weighted by atomic mass is 10.2. The third-order valence-corrected chi connectivity index (χ3v) is 2.34. The van der Waals surface area contributed by atoms with Crippen molar-refractivity contribution in [3.63, 3.8) is 0 Å². The molecule has 0 spiro atoms. The van der Waals surface area contributed by atoms with Gasteiger partial charge in [-0.2, -0.15) is 5.10 Å². The van der Waals surface area contributed by atoms with Crippen molar-refractivity contribution in [3.8, 4) is 0 Å². The fourth-order valence-corrected chi connectivity index (χ4v) is 1.51. The molecule has 0 aromatic carbocycles. The summed E-state index contributed by atoms with van der Waals surface area (Å²) in [5.41, 5.74) is 5.94. The zero-order valence-corrected chi connectivity index (χ0v) is 9.01. The molecule has 16 heavy (non-hydrogen) atoms. The van der Waals surface area contributed by atoms with Gasteiger partial charge in [-0.05, 0) is 25.1 Å². The molecule has 0 aliphatic heterocycles. The van der Waals surface area contributed by atoms with Crippen molar-refractivity contribution in [1.29, 1.82) is 0 Å². The second-order valence-corrected chi connectivity index (χ2v) is 3.33. The van der Waals surface area contributed by atoms with E-state index < -0.39 is 0 Å². The van der Waals surface area contributed by atoms with Crippen LogP contribution in [0, 0.1) is 0 Å². The van der Waals surface area contributed by atoms with Gasteiger partial charge in [-0.1, -0.05) is 0 Å². The van der Waals surface area contributed by atoms with Crippen LogP contribution in [0.5, 0.6) is 0 Å². The summed E-state index contributed by atoms with van der Waals surface area (Å²) >= 11 is 0. The summed E-state index contributed by atoms with van der Waals surface area (Å²) in [6.45, 7) is 2.87. The summed E-state index contributed by atoms with van der Waals surface area (Å²) < 4.78 is 6.93. The molecule has 84 valence electrons. The first-order valence-corrected chi connectivity index (χ1v) is 5.11. The fourth-order valence-electron chi connectivity index (χ4n) is 1.51. The summed E-state index contributed by atoms with van der Waals surface area (Å²) in [5.74, 6) is 0.737. The van der Waals surface area contributed by atoms with Gasteiger partial charge in [0, 0.05) is 12.7 Å². The number of carbonyl (C=O) groups is 1. The van der Waals surface area contributed by atoms with Crippen LogP contribution in [-0.2, 0) is 13.1 Å². The number of ketones is 1. The van der Waals surface area contributed by atoms with E-state index in [2.05, 4.69) is 5.10 Å². The predicted octanol–water partition coefficient (Wildman–Crippen LogP) is 1.19. The van der Waals surface area contributed by atoms with Crippen LogP contribution < -0.4 is 5.73 Å². The molecule has 2 N–H and O–H groups in total. The Kier molecular flexibility index (Phi) is 2.87. The number of furan rings is 1. The molecule has 0 saturated heterocycles. The normalized spacial score (nSPS) is 10.6. The van der Waals surface area contributed by atoms with Gasteiger partial charge in [0.05, 0.1) is 6.54 Å². The Balaban J connectivity index is 2.31. The van der Waals surface area contributed by atoms with Crippen molar-refractivity contribution in [2.24, 2.45) is 5.73 Å². The van der Waals surface area contributed by atoms with Crippen molar-refractivity contribution in [3.05, 3.63) is 41.6 Å². The van der Waals surface area contributed by atoms with Gasteiger partial charge >= 0.3 is 0 Å². The highest BCUT2D eigenvalue weighted by molar-refractivity contribution is 6.05. The van der Waals surface area contributed by atoms with Gasteiger partial charge in [0.2, 0.25) is 5.78 Å². The molecule has 5 heteroatoms. The zero-order valence-electron chi connectivity index (χ0n) is 9.01. The van der Waals surface area contributed by atoms with Crippen molar-refractivity contribution in [1.82, 2.24) is 9.78 Å². The Labute approximate surface area is 92.9 Å². The highest BCUT2D eigenvalue weighted by Crippen LogP contribution is 2.13. The molecular weight excluding hydrogens is 206 g/mol. The van der Waals surface area contributed by atoms with Crippen LogP contribution in [0.2, 0.25) is 0 Å². The van der Waals surface area contributed by atoms with Crippen molar-refractivity contribution >= 4 is 5.78 Å². The van der Waals surface area contributed by atoms with Gasteiger partial charge in [0.25, 0.3) is 0 Å². The van der Waals surface area contributed by atoms with E-state index in [1.807, 2.05) is 6.92 Å². The maximum atomic E-state index is 12.0. The number of nitrogens with two attached hydrogens (primary N) is 1. The molecule has 2 aromatic heterocycles. The Hall–Kier alpha value is -1.88. The van der Waals surface area contributed by atoms with E-state index in [1.54, 1.807) is 29.1 Å². The molecule has 2 rings (SSSR count). The molecule has 2 aromatic rings. The second kappa shape index (κ2) is 4.32. The maximum absolute atomic E-state index is 12.0. The molecule has 0 aliphatic carbocycles. The van der Waals surface area contributed by atoms with E-state index in [1.165, 1.54) is 0 Å². The summed E-state index contributed by atoms with van der Waals surface area (Å²) in [7, 11) is 0. The molecule has 2 heterocycles. The molecule has 0 amide bonds. The minimum absolute atomic E-state index is 0.168. The summed E-state index contributed by atoms with van der Waals surface area (Å²) in [5, 5.41) is 4.04. The number of carbonyl (C=O) groups excluding carboxylic acids is 1. The SMILES string of the molecule is CCn1nccc1C(=O)c1ccc(CN)o1. The van der Waals surface area contributed by atoms with Crippen LogP contribution in [0.4, 0.5) is 0 Å². The van der Waals surface area contributed by atoms with Gasteiger partial charge in [-0.3, -0.25) is 9.48 Å². The molecule has 0 atom stereocenters. The van der Waals surface area contributed by atoms with Crippen LogP contribution in [0.1, 0.15) is 28.9 Å². The average Bonchev–Trinajstić information content (AvgIpc) is 2.96. The second-order valence-electron chi connectivity index (χ2n) is 3.33. The molecule has 0 aliphatic rings. The fraction of sp³-hybridized carbons (Fsp3) is 0.273. The van der Waals surface area contributed by atoms with E-state index >= 15 is 0 Å². The van der Waals surface area contributed by atoms with E-state index in [-0.39, 0.29) is 5.78 Å². The maximum Gasteiger partial charge on any atom is 0.246 e. The summed E-state index contributed by atoms with van der Waals surface area (Å²) in [6, 6.07) is 5.02. The number of aromatic nitrogens is 2. The molecule has 0 bridgehead atoms. The van der Waals surface area contributed by atoms with Gasteiger partial charge < -0.3 is 10.2 Å². The zero-order chi connectivity index (χ0) is 11.5. The highest BCUT2D eigenvalue weighted by Gasteiger charge is 2.17. The Morgan fingerprint density at radius 3 is 2.94 bits per heavy atom. The van der Waals surface area contributed by atoms with Gasteiger partial charge in [-0.25, -0.2) is 0 Å². The number of nitrogens with zero attached hydrogens (tertiary/aromatic N) is 2. The van der Waals surface area contributed by atoms with E-state index in [4.69, 9.17) is 10.2 Å². The Morgan fingerprint density at radius 2 is 2.31 bits per heavy atom. The monoisotopic (exact) mass is 219 g/mol. The Morgan fingerprint density at radius 1 is 1.50 bits per heavy atom. The van der Waals surface area contributed by atoms with Gasteiger partial charge in [-0.15, -0.1) is 0 Å². The lowest BCUT2D eigenvalue weighted by Gasteiger charge is -2.01. The first kappa shape index (κ1) is 10.6. The van der Waals surface area contributed by atoms with E-state index in [9.17, 15) is 4.79 Å². The van der Waals surface area contributed by atoms with Crippen LogP contribution in [0.3, 0.4) is 0 Å². The van der Waals surface area contributed by atoms with Crippen LogP contribution in [-0.4, -0.2) is 15.6 Å². The van der Waals surface area contributed by atoms with Gasteiger partial charge in [0.1, 0.15) is 11.5 Å². The van der Waals surface area contributed by atoms with Crippen molar-refractivity contribution in [2.75, 3.05) is 0 Å². The lowest BCUT2D eigenvalue weighted by Crippen LogP contribution is -2.09. The lowest BCUT2D eigenvalue weighted by molar-refractivity contribution is 0.0997. The van der Waals surface area contributed by atoms with Gasteiger partial charge in [0.15, 0.2) is 5.76 Å². The average molecular weight is 219 g/mol. The highest BCUT2D eigenvalue weighted by atomic mass is 16.3.